The first-order chi connectivity index (χ1) is 13.5. The second-order valence-corrected chi connectivity index (χ2v) is 8.11. The molecular formula is C21H30N4O3. The predicted molar refractivity (Wildman–Crippen MR) is 107 cm³/mol. The van der Waals surface area contributed by atoms with Gasteiger partial charge in [-0.1, -0.05) is 18.2 Å². The number of fused-ring (bicyclic) bond motifs is 1. The fourth-order valence-corrected chi connectivity index (χ4v) is 4.51. The Balaban J connectivity index is 1.40. The van der Waals surface area contributed by atoms with Crippen LogP contribution in [-0.4, -0.2) is 84.1 Å². The Morgan fingerprint density at radius 3 is 2.86 bits per heavy atom. The van der Waals surface area contributed by atoms with Gasteiger partial charge in [0.05, 0.1) is 24.3 Å². The van der Waals surface area contributed by atoms with Gasteiger partial charge in [0.2, 0.25) is 0 Å². The largest absolute Gasteiger partial charge is 0.383 e. The van der Waals surface area contributed by atoms with Gasteiger partial charge in [-0.2, -0.15) is 5.10 Å². The highest BCUT2D eigenvalue weighted by Crippen LogP contribution is 2.37. The van der Waals surface area contributed by atoms with Crippen LogP contribution in [0.4, 0.5) is 0 Å². The fourth-order valence-electron chi connectivity index (χ4n) is 4.51. The summed E-state index contributed by atoms with van der Waals surface area (Å²) in [7, 11) is 5.76. The Kier molecular flexibility index (Phi) is 5.40. The first kappa shape index (κ1) is 19.4. The summed E-state index contributed by atoms with van der Waals surface area (Å²) in [5.41, 5.74) is 1.45. The van der Waals surface area contributed by atoms with E-state index >= 15 is 0 Å². The average Bonchev–Trinajstić information content (AvgIpc) is 3.28. The van der Waals surface area contributed by atoms with Crippen molar-refractivity contribution in [2.45, 2.75) is 30.9 Å². The van der Waals surface area contributed by atoms with Gasteiger partial charge in [0.15, 0.2) is 5.69 Å². The number of carbonyl (C=O) groups excluding carboxylic acids is 1. The van der Waals surface area contributed by atoms with Gasteiger partial charge in [0.1, 0.15) is 0 Å². The molecule has 1 spiro atoms. The molecule has 0 saturated carbocycles. The molecular weight excluding hydrogens is 356 g/mol. The minimum atomic E-state index is -0.0883. The van der Waals surface area contributed by atoms with Crippen LogP contribution in [0.3, 0.4) is 0 Å². The zero-order valence-electron chi connectivity index (χ0n) is 17.1. The van der Waals surface area contributed by atoms with Crippen molar-refractivity contribution in [3.8, 4) is 0 Å². The summed E-state index contributed by atoms with van der Waals surface area (Å²) < 4.78 is 13.2. The third-order valence-electron chi connectivity index (χ3n) is 6.38. The van der Waals surface area contributed by atoms with E-state index in [0.717, 1.165) is 63.0 Å². The number of methoxy groups -OCH3 is 1. The van der Waals surface area contributed by atoms with E-state index in [0.29, 0.717) is 11.7 Å². The number of rotatable bonds is 5. The molecule has 1 amide bonds. The van der Waals surface area contributed by atoms with Crippen LogP contribution in [0.2, 0.25) is 0 Å². The molecule has 4 rings (SSSR count). The zero-order valence-corrected chi connectivity index (χ0v) is 17.1. The van der Waals surface area contributed by atoms with E-state index in [-0.39, 0.29) is 11.5 Å². The summed E-state index contributed by atoms with van der Waals surface area (Å²) in [6.07, 6.45) is 2.80. The quantitative estimate of drug-likeness (QED) is 0.786. The number of nitrogens with zero attached hydrogens (tertiary/aromatic N) is 4. The Morgan fingerprint density at radius 2 is 2.11 bits per heavy atom. The monoisotopic (exact) mass is 386 g/mol. The van der Waals surface area contributed by atoms with Crippen LogP contribution in [0, 0.1) is 0 Å². The second-order valence-electron chi connectivity index (χ2n) is 8.11. The number of amides is 1. The van der Waals surface area contributed by atoms with Crippen LogP contribution in [0.15, 0.2) is 24.3 Å². The molecule has 7 heteroatoms. The lowest BCUT2D eigenvalue weighted by Crippen LogP contribution is -2.47. The Hall–Kier alpha value is -1.96. The van der Waals surface area contributed by atoms with Gasteiger partial charge in [-0.15, -0.1) is 0 Å². The molecule has 0 aliphatic carbocycles. The molecule has 0 unspecified atom stereocenters. The Morgan fingerprint density at radius 1 is 1.36 bits per heavy atom. The number of para-hydroxylation sites is 1. The predicted octanol–water partition coefficient (Wildman–Crippen LogP) is 1.92. The molecule has 2 aliphatic rings. The normalized spacial score (nSPS) is 21.9. The molecule has 1 atom stereocenters. The van der Waals surface area contributed by atoms with Crippen molar-refractivity contribution in [3.63, 3.8) is 0 Å². The van der Waals surface area contributed by atoms with Crippen molar-refractivity contribution in [1.82, 2.24) is 19.6 Å². The third-order valence-corrected chi connectivity index (χ3v) is 6.38. The van der Waals surface area contributed by atoms with Crippen LogP contribution in [-0.2, 0) is 16.5 Å². The maximum Gasteiger partial charge on any atom is 0.275 e. The zero-order chi connectivity index (χ0) is 19.7. The van der Waals surface area contributed by atoms with E-state index in [1.165, 1.54) is 0 Å². The highest BCUT2D eigenvalue weighted by atomic mass is 16.5. The van der Waals surface area contributed by atoms with Crippen molar-refractivity contribution in [2.75, 3.05) is 47.0 Å². The molecule has 28 heavy (non-hydrogen) atoms. The summed E-state index contributed by atoms with van der Waals surface area (Å²) in [4.78, 5) is 17.4. The van der Waals surface area contributed by atoms with E-state index < -0.39 is 0 Å². The Labute approximate surface area is 166 Å². The van der Waals surface area contributed by atoms with Crippen molar-refractivity contribution >= 4 is 16.8 Å². The van der Waals surface area contributed by atoms with Crippen molar-refractivity contribution in [1.29, 1.82) is 0 Å². The summed E-state index contributed by atoms with van der Waals surface area (Å²) in [6, 6.07) is 8.33. The Bertz CT molecular complexity index is 841. The van der Waals surface area contributed by atoms with Crippen LogP contribution in [0.1, 0.15) is 29.8 Å². The van der Waals surface area contributed by atoms with E-state index in [9.17, 15) is 4.79 Å². The van der Waals surface area contributed by atoms with Crippen molar-refractivity contribution < 1.29 is 14.3 Å². The summed E-state index contributed by atoms with van der Waals surface area (Å²) in [5.74, 6) is 0.0263. The first-order valence-corrected chi connectivity index (χ1v) is 10.1. The van der Waals surface area contributed by atoms with Gasteiger partial charge in [0.25, 0.3) is 5.91 Å². The molecule has 0 radical (unpaired) electrons. The lowest BCUT2D eigenvalue weighted by molar-refractivity contribution is -0.0394. The van der Waals surface area contributed by atoms with Gasteiger partial charge in [0, 0.05) is 45.2 Å². The number of piperidine rings is 1. The number of likely N-dealkylation sites (tertiary alicyclic amines) is 1. The number of aryl methyl sites for hydroxylation is 1. The minimum Gasteiger partial charge on any atom is -0.383 e. The van der Waals surface area contributed by atoms with Crippen LogP contribution >= 0.6 is 0 Å². The smallest absolute Gasteiger partial charge is 0.275 e. The minimum absolute atomic E-state index is 0.0263. The molecule has 3 heterocycles. The SMILES string of the molecule is COCCN(C)[C@H]1COC2(CCN(C(=O)c3nn(C)c4ccccc34)CC2)C1. The maximum absolute atomic E-state index is 13.1. The summed E-state index contributed by atoms with van der Waals surface area (Å²) >= 11 is 0. The van der Waals surface area contributed by atoms with Gasteiger partial charge in [-0.25, -0.2) is 0 Å². The number of carbonyl (C=O) groups is 1. The molecule has 2 aromatic rings. The lowest BCUT2D eigenvalue weighted by Gasteiger charge is -2.38. The van der Waals surface area contributed by atoms with Crippen molar-refractivity contribution in [3.05, 3.63) is 30.0 Å². The number of likely N-dealkylation sites (N-methyl/N-ethyl adjacent to an activating group) is 1. The van der Waals surface area contributed by atoms with Gasteiger partial charge < -0.3 is 14.4 Å². The topological polar surface area (TPSA) is 59.8 Å². The lowest BCUT2D eigenvalue weighted by atomic mass is 9.87. The van der Waals surface area contributed by atoms with Gasteiger partial charge in [-0.05, 0) is 32.4 Å². The van der Waals surface area contributed by atoms with Crippen LogP contribution < -0.4 is 0 Å². The number of hydrogen-bond donors (Lipinski definition) is 0. The molecule has 2 fully saturated rings. The molecule has 2 saturated heterocycles. The van der Waals surface area contributed by atoms with Crippen molar-refractivity contribution in [2.24, 2.45) is 7.05 Å². The molecule has 0 N–H and O–H groups in total. The maximum atomic E-state index is 13.1. The second kappa shape index (κ2) is 7.81. The molecule has 152 valence electrons. The molecule has 1 aromatic heterocycles. The van der Waals surface area contributed by atoms with Gasteiger partial charge in [-0.3, -0.25) is 14.4 Å². The van der Waals surface area contributed by atoms with E-state index in [4.69, 9.17) is 9.47 Å². The third kappa shape index (κ3) is 3.54. The van der Waals surface area contributed by atoms with E-state index in [1.807, 2.05) is 36.2 Å². The fraction of sp³-hybridized carbons (Fsp3) is 0.619. The summed E-state index contributed by atoms with van der Waals surface area (Å²) in [6.45, 7) is 3.85. The van der Waals surface area contributed by atoms with E-state index in [2.05, 4.69) is 17.0 Å². The summed E-state index contributed by atoms with van der Waals surface area (Å²) in [5, 5.41) is 5.42. The average molecular weight is 386 g/mol. The molecule has 2 aliphatic heterocycles. The standard InChI is InChI=1S/C21H30N4O3/c1-23(12-13-27-3)16-14-21(28-15-16)8-10-25(11-9-21)20(26)19-17-6-4-5-7-18(17)24(2)22-19/h4-7,16H,8-15H2,1-3H3/t16-/m1/s1. The molecule has 1 aromatic carbocycles. The highest BCUT2D eigenvalue weighted by molar-refractivity contribution is 6.04. The van der Waals surface area contributed by atoms with E-state index in [1.54, 1.807) is 11.8 Å². The van der Waals surface area contributed by atoms with Gasteiger partial charge >= 0.3 is 0 Å². The molecule has 0 bridgehead atoms. The van der Waals surface area contributed by atoms with Crippen LogP contribution in [0.25, 0.3) is 10.9 Å². The number of aromatic nitrogens is 2. The first-order valence-electron chi connectivity index (χ1n) is 10.1. The number of benzene rings is 1. The number of ether oxygens (including phenoxy) is 2. The van der Waals surface area contributed by atoms with Crippen LogP contribution in [0.5, 0.6) is 0 Å². The molecule has 7 nitrogen and oxygen atoms in total. The number of hydrogen-bond acceptors (Lipinski definition) is 5. The highest BCUT2D eigenvalue weighted by Gasteiger charge is 2.44.